The van der Waals surface area contributed by atoms with Gasteiger partial charge in [-0.1, -0.05) is 38.8 Å². The molecule has 0 heterocycles. The fourth-order valence-electron chi connectivity index (χ4n) is 2.39. The summed E-state index contributed by atoms with van der Waals surface area (Å²) < 4.78 is 10.8. The molecule has 1 rings (SSSR count). The normalized spacial score (nSPS) is 12.5. The third-order valence-electron chi connectivity index (χ3n) is 3.85. The maximum Gasteiger partial charge on any atom is 0.165 e. The zero-order valence-corrected chi connectivity index (χ0v) is 13.1. The summed E-state index contributed by atoms with van der Waals surface area (Å²) in [4.78, 5) is 0. The molecule has 4 nitrogen and oxygen atoms in total. The van der Waals surface area contributed by atoms with Crippen LogP contribution in [0.4, 0.5) is 0 Å². The van der Waals surface area contributed by atoms with Crippen LogP contribution in [-0.4, -0.2) is 27.3 Å². The maximum absolute atomic E-state index is 5.93. The van der Waals surface area contributed by atoms with Crippen LogP contribution < -0.4 is 20.5 Å². The lowest BCUT2D eigenvalue weighted by molar-refractivity contribution is 0.343. The highest BCUT2D eigenvalue weighted by Gasteiger charge is 2.18. The summed E-state index contributed by atoms with van der Waals surface area (Å²) in [5, 5.41) is 3.55. The minimum absolute atomic E-state index is 0.0839. The van der Waals surface area contributed by atoms with Gasteiger partial charge in [-0.3, -0.25) is 0 Å². The smallest absolute Gasteiger partial charge is 0.165 e. The van der Waals surface area contributed by atoms with Crippen LogP contribution in [0.2, 0.25) is 0 Å². The Kier molecular flexibility index (Phi) is 7.41. The minimum atomic E-state index is 0.0839. The number of rotatable bonds is 9. The van der Waals surface area contributed by atoms with Gasteiger partial charge >= 0.3 is 0 Å². The van der Waals surface area contributed by atoms with Crippen LogP contribution in [0.15, 0.2) is 18.2 Å². The van der Waals surface area contributed by atoms with Crippen molar-refractivity contribution in [3.05, 3.63) is 23.8 Å². The lowest BCUT2D eigenvalue weighted by Gasteiger charge is -2.23. The van der Waals surface area contributed by atoms with Gasteiger partial charge in [0.25, 0.3) is 0 Å². The molecule has 0 spiro atoms. The Morgan fingerprint density at radius 2 is 1.85 bits per heavy atom. The van der Waals surface area contributed by atoms with Crippen molar-refractivity contribution in [2.45, 2.75) is 32.7 Å². The quantitative estimate of drug-likeness (QED) is 0.730. The van der Waals surface area contributed by atoms with E-state index in [-0.39, 0.29) is 6.04 Å². The van der Waals surface area contributed by atoms with Gasteiger partial charge in [0.2, 0.25) is 0 Å². The SMILES string of the molecule is CCC(CC)CNC(CN)c1cccc(OC)c1OC. The third-order valence-corrected chi connectivity index (χ3v) is 3.85. The van der Waals surface area contributed by atoms with Gasteiger partial charge in [-0.25, -0.2) is 0 Å². The van der Waals surface area contributed by atoms with Crippen molar-refractivity contribution in [1.29, 1.82) is 0 Å². The average Bonchev–Trinajstić information content (AvgIpc) is 2.51. The van der Waals surface area contributed by atoms with E-state index in [1.807, 2.05) is 18.2 Å². The fraction of sp³-hybridized carbons (Fsp3) is 0.625. The summed E-state index contributed by atoms with van der Waals surface area (Å²) >= 11 is 0. The van der Waals surface area contributed by atoms with Crippen molar-refractivity contribution in [3.63, 3.8) is 0 Å². The van der Waals surface area contributed by atoms with Crippen LogP contribution in [0.3, 0.4) is 0 Å². The highest BCUT2D eigenvalue weighted by molar-refractivity contribution is 5.48. The number of hydrogen-bond donors (Lipinski definition) is 2. The van der Waals surface area contributed by atoms with Crippen LogP contribution in [-0.2, 0) is 0 Å². The molecule has 0 aliphatic heterocycles. The standard InChI is InChI=1S/C16H28N2O2/c1-5-12(6-2)11-18-14(10-17)13-8-7-9-15(19-3)16(13)20-4/h7-9,12,14,18H,5-6,10-11,17H2,1-4H3. The monoisotopic (exact) mass is 280 g/mol. The van der Waals surface area contributed by atoms with E-state index in [1.54, 1.807) is 14.2 Å². The number of hydrogen-bond acceptors (Lipinski definition) is 4. The van der Waals surface area contributed by atoms with Crippen molar-refractivity contribution in [3.8, 4) is 11.5 Å². The van der Waals surface area contributed by atoms with E-state index in [1.165, 1.54) is 12.8 Å². The van der Waals surface area contributed by atoms with Crippen molar-refractivity contribution in [2.24, 2.45) is 11.7 Å². The Bertz CT molecular complexity index is 392. The molecule has 0 aliphatic carbocycles. The van der Waals surface area contributed by atoms with Gasteiger partial charge in [0, 0.05) is 18.2 Å². The van der Waals surface area contributed by atoms with E-state index in [0.717, 1.165) is 23.6 Å². The lowest BCUT2D eigenvalue weighted by Crippen LogP contribution is -2.32. The van der Waals surface area contributed by atoms with E-state index in [9.17, 15) is 0 Å². The molecule has 1 aromatic carbocycles. The summed E-state index contributed by atoms with van der Waals surface area (Å²) in [5.74, 6) is 2.19. The summed E-state index contributed by atoms with van der Waals surface area (Å²) in [6.07, 6.45) is 2.35. The van der Waals surface area contributed by atoms with Crippen LogP contribution in [0.5, 0.6) is 11.5 Å². The Hall–Kier alpha value is -1.26. The molecule has 0 bridgehead atoms. The number of nitrogens with two attached hydrogens (primary N) is 1. The number of para-hydroxylation sites is 1. The second kappa shape index (κ2) is 8.82. The van der Waals surface area contributed by atoms with Crippen molar-refractivity contribution >= 4 is 0 Å². The molecule has 20 heavy (non-hydrogen) atoms. The van der Waals surface area contributed by atoms with Gasteiger partial charge in [-0.15, -0.1) is 0 Å². The van der Waals surface area contributed by atoms with Crippen LogP contribution in [0.1, 0.15) is 38.3 Å². The molecule has 0 aliphatic rings. The molecule has 3 N–H and O–H groups in total. The maximum atomic E-state index is 5.93. The molecule has 0 saturated carbocycles. The van der Waals surface area contributed by atoms with Crippen molar-refractivity contribution in [1.82, 2.24) is 5.32 Å². The highest BCUT2D eigenvalue weighted by atomic mass is 16.5. The van der Waals surface area contributed by atoms with Crippen LogP contribution >= 0.6 is 0 Å². The van der Waals surface area contributed by atoms with E-state index in [0.29, 0.717) is 12.5 Å². The molecule has 0 saturated heterocycles. The predicted molar refractivity (Wildman–Crippen MR) is 83.4 cm³/mol. The first-order valence-corrected chi connectivity index (χ1v) is 7.36. The second-order valence-electron chi connectivity index (χ2n) is 4.96. The Morgan fingerprint density at radius 3 is 2.35 bits per heavy atom. The van der Waals surface area contributed by atoms with Crippen molar-refractivity contribution in [2.75, 3.05) is 27.3 Å². The molecule has 1 aromatic rings. The van der Waals surface area contributed by atoms with Gasteiger partial charge in [0.1, 0.15) is 0 Å². The zero-order valence-electron chi connectivity index (χ0n) is 13.1. The molecular formula is C16H28N2O2. The Labute approximate surface area is 122 Å². The number of methoxy groups -OCH3 is 2. The molecule has 0 aromatic heterocycles. The summed E-state index contributed by atoms with van der Waals surface area (Å²) in [6, 6.07) is 5.99. The third kappa shape index (κ3) is 4.12. The molecule has 0 fully saturated rings. The van der Waals surface area contributed by atoms with Crippen molar-refractivity contribution < 1.29 is 9.47 Å². The van der Waals surface area contributed by atoms with Gasteiger partial charge in [-0.2, -0.15) is 0 Å². The molecule has 4 heteroatoms. The van der Waals surface area contributed by atoms with Gasteiger partial charge in [-0.05, 0) is 18.5 Å². The Morgan fingerprint density at radius 1 is 1.15 bits per heavy atom. The molecule has 114 valence electrons. The van der Waals surface area contributed by atoms with Gasteiger partial charge in [0.05, 0.1) is 14.2 Å². The number of benzene rings is 1. The van der Waals surface area contributed by atoms with Gasteiger partial charge < -0.3 is 20.5 Å². The fourth-order valence-corrected chi connectivity index (χ4v) is 2.39. The number of ether oxygens (including phenoxy) is 2. The van der Waals surface area contributed by atoms with E-state index >= 15 is 0 Å². The molecule has 1 unspecified atom stereocenters. The first-order chi connectivity index (χ1) is 9.71. The molecule has 1 atom stereocenters. The van der Waals surface area contributed by atoms with Gasteiger partial charge in [0.15, 0.2) is 11.5 Å². The zero-order chi connectivity index (χ0) is 15.0. The largest absolute Gasteiger partial charge is 0.493 e. The summed E-state index contributed by atoms with van der Waals surface area (Å²) in [7, 11) is 3.31. The predicted octanol–water partition coefficient (Wildman–Crippen LogP) is 2.73. The highest BCUT2D eigenvalue weighted by Crippen LogP contribution is 2.34. The second-order valence-corrected chi connectivity index (χ2v) is 4.96. The lowest BCUT2D eigenvalue weighted by atomic mass is 10.0. The number of nitrogens with one attached hydrogen (secondary N) is 1. The topological polar surface area (TPSA) is 56.5 Å². The van der Waals surface area contributed by atoms with E-state index in [4.69, 9.17) is 15.2 Å². The van der Waals surface area contributed by atoms with E-state index in [2.05, 4.69) is 19.2 Å². The van der Waals surface area contributed by atoms with Crippen LogP contribution in [0, 0.1) is 5.92 Å². The summed E-state index contributed by atoms with van der Waals surface area (Å²) in [6.45, 7) is 5.94. The molecule has 0 amide bonds. The first-order valence-electron chi connectivity index (χ1n) is 7.36. The Balaban J connectivity index is 2.89. The molecular weight excluding hydrogens is 252 g/mol. The average molecular weight is 280 g/mol. The molecule has 0 radical (unpaired) electrons. The van der Waals surface area contributed by atoms with Crippen LogP contribution in [0.25, 0.3) is 0 Å². The van der Waals surface area contributed by atoms with E-state index < -0.39 is 0 Å². The summed E-state index contributed by atoms with van der Waals surface area (Å²) in [5.41, 5.74) is 6.99. The first kappa shape index (κ1) is 16.8. The minimum Gasteiger partial charge on any atom is -0.493 e.